The molecular formula is C22H28N2O+2. The fourth-order valence-corrected chi connectivity index (χ4v) is 3.43. The van der Waals surface area contributed by atoms with Crippen LogP contribution in [0.5, 0.6) is 0 Å². The summed E-state index contributed by atoms with van der Waals surface area (Å²) in [4.78, 5) is 0. The summed E-state index contributed by atoms with van der Waals surface area (Å²) in [6, 6.07) is 16.9. The maximum atomic E-state index is 10.3. The predicted octanol–water partition coefficient (Wildman–Crippen LogP) is 1.48. The Labute approximate surface area is 150 Å². The second kappa shape index (κ2) is 8.75. The Bertz CT molecular complexity index is 751. The monoisotopic (exact) mass is 336 g/mol. The number of aliphatic hydroxyl groups is 1. The summed E-state index contributed by atoms with van der Waals surface area (Å²) in [5.74, 6) is 0. The normalized spacial score (nSPS) is 14.5. The van der Waals surface area contributed by atoms with Crippen LogP contribution in [-0.2, 0) is 12.8 Å². The van der Waals surface area contributed by atoms with Crippen molar-refractivity contribution in [3.05, 3.63) is 77.4 Å². The van der Waals surface area contributed by atoms with Gasteiger partial charge in [-0.25, -0.2) is 4.58 Å². The van der Waals surface area contributed by atoms with Crippen LogP contribution in [0.25, 0.3) is 6.08 Å². The molecule has 0 saturated carbocycles. The molecule has 2 aromatic carbocycles. The number of benzene rings is 2. The van der Waals surface area contributed by atoms with E-state index in [2.05, 4.69) is 65.2 Å². The molecule has 1 aliphatic heterocycles. The van der Waals surface area contributed by atoms with E-state index in [-0.39, 0.29) is 6.10 Å². The zero-order valence-electron chi connectivity index (χ0n) is 14.8. The Hall–Kier alpha value is -2.23. The van der Waals surface area contributed by atoms with Crippen molar-refractivity contribution in [1.29, 1.82) is 0 Å². The zero-order valence-corrected chi connectivity index (χ0v) is 14.8. The lowest BCUT2D eigenvalue weighted by Gasteiger charge is -2.14. The molecule has 0 spiro atoms. The molecule has 0 saturated heterocycles. The van der Waals surface area contributed by atoms with E-state index in [0.29, 0.717) is 6.54 Å². The third kappa shape index (κ3) is 4.88. The highest BCUT2D eigenvalue weighted by atomic mass is 16.3. The molecule has 1 aliphatic rings. The number of rotatable bonds is 8. The Morgan fingerprint density at radius 1 is 1.16 bits per heavy atom. The van der Waals surface area contributed by atoms with E-state index in [1.54, 1.807) is 0 Å². The highest BCUT2D eigenvalue weighted by Crippen LogP contribution is 2.11. The summed E-state index contributed by atoms with van der Waals surface area (Å²) < 4.78 is 2.24. The number of hydrogen-bond donors (Lipinski definition) is 2. The first kappa shape index (κ1) is 17.6. The average molecular weight is 336 g/mol. The Morgan fingerprint density at radius 2 is 1.96 bits per heavy atom. The summed E-state index contributed by atoms with van der Waals surface area (Å²) >= 11 is 0. The Balaban J connectivity index is 1.44. The summed E-state index contributed by atoms with van der Waals surface area (Å²) in [6.07, 6.45) is 5.84. The first-order valence-corrected chi connectivity index (χ1v) is 9.13. The summed E-state index contributed by atoms with van der Waals surface area (Å²) in [6.45, 7) is 7.28. The molecule has 0 bridgehead atoms. The summed E-state index contributed by atoms with van der Waals surface area (Å²) in [5.41, 5.74) is 5.22. The summed E-state index contributed by atoms with van der Waals surface area (Å²) in [5, 5.41) is 12.5. The van der Waals surface area contributed by atoms with Crippen molar-refractivity contribution in [2.45, 2.75) is 18.9 Å². The number of nitrogens with two attached hydrogens (primary N) is 1. The number of fused-ring (bicyclic) bond motifs is 1. The minimum Gasteiger partial charge on any atom is -0.381 e. The van der Waals surface area contributed by atoms with E-state index < -0.39 is 0 Å². The first-order valence-electron chi connectivity index (χ1n) is 9.13. The molecular weight excluding hydrogens is 308 g/mol. The molecule has 3 heteroatoms. The average Bonchev–Trinajstić information content (AvgIpc) is 2.65. The molecule has 25 heavy (non-hydrogen) atoms. The van der Waals surface area contributed by atoms with Crippen LogP contribution >= 0.6 is 0 Å². The number of β-amino-alcohol motifs (C(OH)–C–C–N with tert-alkyl or cyclic N) is 1. The molecule has 130 valence electrons. The molecule has 2 aromatic rings. The second-order valence-corrected chi connectivity index (χ2v) is 6.69. The van der Waals surface area contributed by atoms with Gasteiger partial charge in [-0.3, -0.25) is 0 Å². The van der Waals surface area contributed by atoms with E-state index in [4.69, 9.17) is 0 Å². The molecule has 3 rings (SSSR count). The lowest BCUT2D eigenvalue weighted by Crippen LogP contribution is -2.87. The van der Waals surface area contributed by atoms with Gasteiger partial charge in [-0.1, -0.05) is 55.1 Å². The van der Waals surface area contributed by atoms with Gasteiger partial charge in [0, 0.05) is 18.4 Å². The van der Waals surface area contributed by atoms with Crippen LogP contribution in [0.1, 0.15) is 22.3 Å². The fraction of sp³-hybridized carbons (Fsp3) is 0.318. The second-order valence-electron chi connectivity index (χ2n) is 6.69. The van der Waals surface area contributed by atoms with Gasteiger partial charge >= 0.3 is 0 Å². The molecule has 1 atom stereocenters. The smallest absolute Gasteiger partial charge is 0.174 e. The fourth-order valence-electron chi connectivity index (χ4n) is 3.43. The predicted molar refractivity (Wildman–Crippen MR) is 103 cm³/mol. The van der Waals surface area contributed by atoms with Crippen LogP contribution < -0.4 is 5.32 Å². The number of aliphatic hydroxyl groups excluding tert-OH is 1. The molecule has 1 unspecified atom stereocenters. The third-order valence-electron chi connectivity index (χ3n) is 4.82. The van der Waals surface area contributed by atoms with Crippen molar-refractivity contribution in [1.82, 2.24) is 0 Å². The van der Waals surface area contributed by atoms with Crippen LogP contribution in [0.15, 0.2) is 55.1 Å². The third-order valence-corrected chi connectivity index (χ3v) is 4.82. The maximum Gasteiger partial charge on any atom is 0.174 e. The zero-order chi connectivity index (χ0) is 17.5. The minimum absolute atomic E-state index is 0.309. The van der Waals surface area contributed by atoms with Crippen LogP contribution in [-0.4, -0.2) is 48.2 Å². The van der Waals surface area contributed by atoms with Crippen LogP contribution in [0, 0.1) is 0 Å². The van der Waals surface area contributed by atoms with Crippen molar-refractivity contribution in [3.63, 3.8) is 0 Å². The quantitative estimate of drug-likeness (QED) is 0.556. The lowest BCUT2D eigenvalue weighted by atomic mass is 10.0. The molecule has 1 heterocycles. The minimum atomic E-state index is -0.309. The Morgan fingerprint density at radius 3 is 2.84 bits per heavy atom. The van der Waals surface area contributed by atoms with Crippen molar-refractivity contribution in [2.24, 2.45) is 0 Å². The van der Waals surface area contributed by atoms with Crippen LogP contribution in [0.3, 0.4) is 0 Å². The molecule has 0 amide bonds. The van der Waals surface area contributed by atoms with Gasteiger partial charge in [-0.15, -0.1) is 0 Å². The van der Waals surface area contributed by atoms with E-state index in [1.165, 1.54) is 22.3 Å². The van der Waals surface area contributed by atoms with Gasteiger partial charge in [-0.05, 0) is 22.8 Å². The molecule has 0 aliphatic carbocycles. The van der Waals surface area contributed by atoms with E-state index in [9.17, 15) is 5.11 Å². The lowest BCUT2D eigenvalue weighted by molar-refractivity contribution is -0.666. The Kier molecular flexibility index (Phi) is 6.15. The standard InChI is InChI=1S/C22H27N2O/c1-2-18-7-3-4-8-19(18)11-13-23-15-22(25)17-24-14-12-20-9-5-6-10-21(20)16-24/h2-10,16,22-23,25H,1,11-15,17H2/q+1/p+1. The maximum absolute atomic E-state index is 10.3. The number of nitrogens with zero attached hydrogens (tertiary/aromatic N) is 1. The van der Waals surface area contributed by atoms with Crippen LogP contribution in [0.2, 0.25) is 0 Å². The van der Waals surface area contributed by atoms with Gasteiger partial charge in [0.05, 0.1) is 6.54 Å². The van der Waals surface area contributed by atoms with Gasteiger partial charge < -0.3 is 10.4 Å². The topological polar surface area (TPSA) is 39.9 Å². The van der Waals surface area contributed by atoms with Crippen molar-refractivity contribution >= 4 is 12.3 Å². The molecule has 3 nitrogen and oxygen atoms in total. The number of hydrogen-bond acceptors (Lipinski definition) is 1. The van der Waals surface area contributed by atoms with Crippen molar-refractivity contribution < 1.29 is 15.0 Å². The van der Waals surface area contributed by atoms with E-state index >= 15 is 0 Å². The van der Waals surface area contributed by atoms with Gasteiger partial charge in [0.2, 0.25) is 0 Å². The van der Waals surface area contributed by atoms with Crippen molar-refractivity contribution in [3.8, 4) is 0 Å². The highest BCUT2D eigenvalue weighted by molar-refractivity contribution is 5.78. The van der Waals surface area contributed by atoms with Gasteiger partial charge in [-0.2, -0.15) is 0 Å². The SMILES string of the molecule is C=Cc1ccccc1CC[NH2+]CC(O)C[N+]1=Cc2ccccc2CC1. The molecule has 3 N–H and O–H groups in total. The van der Waals surface area contributed by atoms with Gasteiger partial charge in [0.1, 0.15) is 13.1 Å². The molecule has 0 aromatic heterocycles. The van der Waals surface area contributed by atoms with Crippen LogP contribution in [0.4, 0.5) is 0 Å². The first-order chi connectivity index (χ1) is 12.3. The highest BCUT2D eigenvalue weighted by Gasteiger charge is 2.19. The van der Waals surface area contributed by atoms with Gasteiger partial charge in [0.25, 0.3) is 0 Å². The van der Waals surface area contributed by atoms with E-state index in [0.717, 1.165) is 32.5 Å². The molecule has 0 fully saturated rings. The number of quaternary nitrogens is 1. The van der Waals surface area contributed by atoms with E-state index in [1.807, 2.05) is 12.1 Å². The molecule has 0 radical (unpaired) electrons. The summed E-state index contributed by atoms with van der Waals surface area (Å²) in [7, 11) is 0. The van der Waals surface area contributed by atoms with Crippen molar-refractivity contribution in [2.75, 3.05) is 26.2 Å². The largest absolute Gasteiger partial charge is 0.381 e. The van der Waals surface area contributed by atoms with Gasteiger partial charge in [0.15, 0.2) is 18.9 Å².